The molecule has 2 rings (SSSR count). The molecule has 0 spiro atoms. The van der Waals surface area contributed by atoms with E-state index in [0.717, 1.165) is 11.3 Å². The molecule has 0 radical (unpaired) electrons. The van der Waals surface area contributed by atoms with E-state index in [0.29, 0.717) is 11.6 Å². The quantitative estimate of drug-likeness (QED) is 0.513. The van der Waals surface area contributed by atoms with Crippen LogP contribution in [0.25, 0.3) is 0 Å². The minimum atomic E-state index is -0.151. The number of hydrogen-bond donors (Lipinski definition) is 1. The molecule has 1 N–H and O–H groups in total. The first-order valence-corrected chi connectivity index (χ1v) is 6.94. The molecule has 1 saturated heterocycles. The van der Waals surface area contributed by atoms with Gasteiger partial charge < -0.3 is 10.1 Å². The Morgan fingerprint density at radius 3 is 2.85 bits per heavy atom. The maximum absolute atomic E-state index is 11.6. The van der Waals surface area contributed by atoms with Crippen molar-refractivity contribution in [1.29, 1.82) is 0 Å². The number of nitrogens with one attached hydrogen (secondary N) is 1. The van der Waals surface area contributed by atoms with E-state index in [1.807, 2.05) is 24.3 Å². The van der Waals surface area contributed by atoms with Crippen LogP contribution in [0.15, 0.2) is 47.1 Å². The molecule has 1 aromatic rings. The molecule has 1 aromatic carbocycles. The fraction of sp³-hybridized carbons (Fsp3) is 0.214. The Hall–Kier alpha value is -2.08. The van der Waals surface area contributed by atoms with Crippen LogP contribution in [0.3, 0.4) is 0 Å². The zero-order chi connectivity index (χ0) is 14.4. The number of amides is 1. The predicted octanol–water partition coefficient (Wildman–Crippen LogP) is 2.19. The van der Waals surface area contributed by atoms with Gasteiger partial charge in [0.15, 0.2) is 5.17 Å². The van der Waals surface area contributed by atoms with E-state index in [9.17, 15) is 4.79 Å². The molecule has 1 amide bonds. The second kappa shape index (κ2) is 6.91. The highest BCUT2D eigenvalue weighted by Crippen LogP contribution is 2.22. The molecular formula is C14H15N3O2S. The second-order valence-electron chi connectivity index (χ2n) is 4.04. The topological polar surface area (TPSA) is 63.1 Å². The zero-order valence-corrected chi connectivity index (χ0v) is 11.9. The smallest absolute Gasteiger partial charge is 0.239 e. The van der Waals surface area contributed by atoms with E-state index in [1.54, 1.807) is 19.4 Å². The van der Waals surface area contributed by atoms with Gasteiger partial charge >= 0.3 is 0 Å². The normalized spacial score (nSPS) is 20.4. The highest BCUT2D eigenvalue weighted by Gasteiger charge is 2.28. The number of thioether (sulfide) groups is 1. The van der Waals surface area contributed by atoms with Gasteiger partial charge in [-0.2, -0.15) is 5.10 Å². The van der Waals surface area contributed by atoms with E-state index in [4.69, 9.17) is 4.74 Å². The van der Waals surface area contributed by atoms with Crippen molar-refractivity contribution in [3.05, 3.63) is 42.5 Å². The highest BCUT2D eigenvalue weighted by atomic mass is 32.2. The summed E-state index contributed by atoms with van der Waals surface area (Å²) in [4.78, 5) is 11.6. The maximum Gasteiger partial charge on any atom is 0.239 e. The maximum atomic E-state index is 11.6. The van der Waals surface area contributed by atoms with Gasteiger partial charge in [-0.1, -0.05) is 17.8 Å². The summed E-state index contributed by atoms with van der Waals surface area (Å²) in [6.45, 7) is 3.63. The van der Waals surface area contributed by atoms with Gasteiger partial charge in [-0.25, -0.2) is 0 Å². The van der Waals surface area contributed by atoms with Crippen molar-refractivity contribution >= 4 is 29.1 Å². The van der Waals surface area contributed by atoms with Crippen LogP contribution in [0.4, 0.5) is 0 Å². The van der Waals surface area contributed by atoms with E-state index in [1.165, 1.54) is 11.8 Å². The summed E-state index contributed by atoms with van der Waals surface area (Å²) in [5, 5.41) is 11.0. The van der Waals surface area contributed by atoms with Crippen molar-refractivity contribution in [2.45, 2.75) is 11.7 Å². The summed E-state index contributed by atoms with van der Waals surface area (Å²) in [6, 6.07) is 7.45. The van der Waals surface area contributed by atoms with Gasteiger partial charge in [0, 0.05) is 0 Å². The average Bonchev–Trinajstić information content (AvgIpc) is 2.80. The van der Waals surface area contributed by atoms with E-state index >= 15 is 0 Å². The van der Waals surface area contributed by atoms with Crippen LogP contribution in [-0.4, -0.2) is 29.6 Å². The molecule has 20 heavy (non-hydrogen) atoms. The van der Waals surface area contributed by atoms with Crippen molar-refractivity contribution in [2.75, 3.05) is 7.11 Å². The van der Waals surface area contributed by atoms with Crippen LogP contribution in [0.2, 0.25) is 0 Å². The minimum absolute atomic E-state index is 0.0479. The summed E-state index contributed by atoms with van der Waals surface area (Å²) in [6.07, 6.45) is 3.97. The number of amidine groups is 1. The number of benzene rings is 1. The number of nitrogens with zero attached hydrogens (tertiary/aromatic N) is 2. The SMILES string of the molecule is C=CC[C@@H]1S/C(=N\N=C/c2ccc(OC)cc2)NC1=O. The van der Waals surface area contributed by atoms with Crippen LogP contribution >= 0.6 is 11.8 Å². The molecule has 5 nitrogen and oxygen atoms in total. The third kappa shape index (κ3) is 3.71. The van der Waals surface area contributed by atoms with Crippen LogP contribution < -0.4 is 10.1 Å². The van der Waals surface area contributed by atoms with Crippen molar-refractivity contribution in [3.63, 3.8) is 0 Å². The van der Waals surface area contributed by atoms with Crippen molar-refractivity contribution in [1.82, 2.24) is 5.32 Å². The molecular weight excluding hydrogens is 274 g/mol. The van der Waals surface area contributed by atoms with E-state index in [-0.39, 0.29) is 11.2 Å². The standard InChI is InChI=1S/C14H15N3O2S/c1-3-4-12-13(18)16-14(20-12)17-15-9-10-5-7-11(19-2)8-6-10/h3,5-9,12H,1,4H2,2H3,(H,16,17,18)/b15-9-/t12-/m0/s1. The molecule has 0 bridgehead atoms. The Kier molecular flexibility index (Phi) is 4.95. The molecule has 1 aliphatic rings. The molecule has 0 saturated carbocycles. The molecule has 0 unspecified atom stereocenters. The van der Waals surface area contributed by atoms with Crippen molar-refractivity contribution in [2.24, 2.45) is 10.2 Å². The Morgan fingerprint density at radius 2 is 2.20 bits per heavy atom. The van der Waals surface area contributed by atoms with Crippen LogP contribution in [0.1, 0.15) is 12.0 Å². The highest BCUT2D eigenvalue weighted by molar-refractivity contribution is 8.15. The lowest BCUT2D eigenvalue weighted by molar-refractivity contribution is -0.118. The fourth-order valence-electron chi connectivity index (χ4n) is 1.60. The number of ether oxygens (including phenoxy) is 1. The largest absolute Gasteiger partial charge is 0.497 e. The molecule has 1 aliphatic heterocycles. The van der Waals surface area contributed by atoms with Gasteiger partial charge in [0.25, 0.3) is 0 Å². The third-order valence-electron chi connectivity index (χ3n) is 2.63. The summed E-state index contributed by atoms with van der Waals surface area (Å²) < 4.78 is 5.07. The van der Waals surface area contributed by atoms with E-state index in [2.05, 4.69) is 22.1 Å². The third-order valence-corrected chi connectivity index (χ3v) is 3.73. The number of allylic oxidation sites excluding steroid dienone is 1. The first-order chi connectivity index (χ1) is 9.72. The summed E-state index contributed by atoms with van der Waals surface area (Å²) in [5.74, 6) is 0.743. The van der Waals surface area contributed by atoms with Crippen LogP contribution in [0, 0.1) is 0 Å². The lowest BCUT2D eigenvalue weighted by Gasteiger charge is -1.98. The number of rotatable bonds is 5. The molecule has 1 atom stereocenters. The van der Waals surface area contributed by atoms with E-state index < -0.39 is 0 Å². The monoisotopic (exact) mass is 289 g/mol. The van der Waals surface area contributed by atoms with Crippen LogP contribution in [0.5, 0.6) is 5.75 Å². The Balaban J connectivity index is 1.96. The van der Waals surface area contributed by atoms with Gasteiger partial charge in [-0.3, -0.25) is 4.79 Å². The second-order valence-corrected chi connectivity index (χ2v) is 5.23. The summed E-state index contributed by atoms with van der Waals surface area (Å²) in [7, 11) is 1.62. The first kappa shape index (κ1) is 14.3. The van der Waals surface area contributed by atoms with Crippen molar-refractivity contribution < 1.29 is 9.53 Å². The van der Waals surface area contributed by atoms with Gasteiger partial charge in [0.05, 0.1) is 18.6 Å². The van der Waals surface area contributed by atoms with Gasteiger partial charge in [0.2, 0.25) is 5.91 Å². The molecule has 0 aliphatic carbocycles. The summed E-state index contributed by atoms with van der Waals surface area (Å²) in [5.41, 5.74) is 0.909. The van der Waals surface area contributed by atoms with Crippen molar-refractivity contribution in [3.8, 4) is 5.75 Å². The Bertz CT molecular complexity index is 552. The molecule has 1 fully saturated rings. The molecule has 1 heterocycles. The number of carbonyl (C=O) groups excluding carboxylic acids is 1. The molecule has 104 valence electrons. The number of methoxy groups -OCH3 is 1. The number of hydrogen-bond acceptors (Lipinski definition) is 5. The molecule has 0 aromatic heterocycles. The zero-order valence-electron chi connectivity index (χ0n) is 11.1. The predicted molar refractivity (Wildman–Crippen MR) is 82.4 cm³/mol. The van der Waals surface area contributed by atoms with Gasteiger partial charge in [-0.15, -0.1) is 11.7 Å². The van der Waals surface area contributed by atoms with Gasteiger partial charge in [-0.05, 0) is 36.2 Å². The lowest BCUT2D eigenvalue weighted by atomic mass is 10.2. The number of carbonyl (C=O) groups is 1. The van der Waals surface area contributed by atoms with Crippen LogP contribution in [-0.2, 0) is 4.79 Å². The molecule has 6 heteroatoms. The summed E-state index contributed by atoms with van der Waals surface area (Å²) >= 11 is 1.37. The minimum Gasteiger partial charge on any atom is -0.497 e. The Morgan fingerprint density at radius 1 is 1.45 bits per heavy atom. The van der Waals surface area contributed by atoms with Gasteiger partial charge in [0.1, 0.15) is 5.75 Å². The lowest BCUT2D eigenvalue weighted by Crippen LogP contribution is -2.24. The first-order valence-electron chi connectivity index (χ1n) is 6.06. The Labute approximate surface area is 121 Å². The average molecular weight is 289 g/mol. The fourth-order valence-corrected chi connectivity index (χ4v) is 2.52.